The Balaban J connectivity index is 3.25. The van der Waals surface area contributed by atoms with E-state index in [1.165, 1.54) is 0 Å². The van der Waals surface area contributed by atoms with Gasteiger partial charge in [-0.1, -0.05) is 32.0 Å². The van der Waals surface area contributed by atoms with Crippen LogP contribution in [0.4, 0.5) is 4.79 Å². The van der Waals surface area contributed by atoms with Crippen molar-refractivity contribution < 1.29 is 14.1 Å². The third kappa shape index (κ3) is 2.82. The fraction of sp³-hybridized carbons (Fsp3) is 0.462. The highest BCUT2D eigenvalue weighted by molar-refractivity contribution is 7.84. The maximum atomic E-state index is 13.1. The van der Waals surface area contributed by atoms with Crippen molar-refractivity contribution >= 4 is 18.3 Å². The van der Waals surface area contributed by atoms with E-state index in [2.05, 4.69) is 0 Å². The molecule has 18 heavy (non-hydrogen) atoms. The molecule has 100 valence electrons. The van der Waals surface area contributed by atoms with Gasteiger partial charge in [0, 0.05) is 18.4 Å². The quantitative estimate of drug-likeness (QED) is 0.744. The van der Waals surface area contributed by atoms with Crippen LogP contribution in [0.1, 0.15) is 20.8 Å². The first-order chi connectivity index (χ1) is 8.61. The molecule has 1 aromatic rings. The van der Waals surface area contributed by atoms with E-state index in [1.807, 2.05) is 19.9 Å². The minimum atomic E-state index is -3.32. The van der Waals surface area contributed by atoms with Gasteiger partial charge < -0.3 is 4.74 Å². The molecule has 0 N–H and O–H groups in total. The van der Waals surface area contributed by atoms with E-state index >= 15 is 0 Å². The summed E-state index contributed by atoms with van der Waals surface area (Å²) in [6.07, 6.45) is 0. The monoisotopic (exact) mass is 269 g/mol. The lowest BCUT2D eigenvalue weighted by Gasteiger charge is -2.27. The first-order valence-electron chi connectivity index (χ1n) is 6.19. The van der Waals surface area contributed by atoms with Crippen LogP contribution in [0.25, 0.3) is 0 Å². The van der Waals surface area contributed by atoms with Crippen LogP contribution in [0.5, 0.6) is 0 Å². The van der Waals surface area contributed by atoms with Crippen LogP contribution in [0, 0.1) is 0 Å². The third-order valence-corrected chi connectivity index (χ3v) is 5.73. The summed E-state index contributed by atoms with van der Waals surface area (Å²) < 4.78 is 19.8. The molecular weight excluding hydrogens is 249 g/mol. The van der Waals surface area contributed by atoms with Crippen molar-refractivity contribution in [3.63, 3.8) is 0 Å². The Morgan fingerprint density at radius 1 is 1.17 bits per heavy atom. The highest BCUT2D eigenvalue weighted by Gasteiger charge is 2.40. The molecule has 5 heteroatoms. The Kier molecular flexibility index (Phi) is 5.57. The molecule has 0 amide bonds. The lowest BCUT2D eigenvalue weighted by Crippen LogP contribution is -2.30. The van der Waals surface area contributed by atoms with E-state index in [0.29, 0.717) is 18.4 Å². The van der Waals surface area contributed by atoms with Gasteiger partial charge in [-0.2, -0.15) is 0 Å². The topological polar surface area (TPSA) is 46.6 Å². The summed E-state index contributed by atoms with van der Waals surface area (Å²) >= 11 is 0. The lowest BCUT2D eigenvalue weighted by molar-refractivity contribution is 0.176. The van der Waals surface area contributed by atoms with Gasteiger partial charge >= 0.3 is 5.71 Å². The summed E-state index contributed by atoms with van der Waals surface area (Å²) in [6.45, 7) is 6.81. The van der Waals surface area contributed by atoms with Gasteiger partial charge in [-0.15, -0.1) is 0 Å². The van der Waals surface area contributed by atoms with Crippen LogP contribution in [-0.2, 0) is 9.30 Å². The Morgan fingerprint density at radius 3 is 2.17 bits per heavy atom. The van der Waals surface area contributed by atoms with Crippen molar-refractivity contribution in [2.75, 3.05) is 19.7 Å². The molecule has 1 atom stereocenters. The fourth-order valence-corrected chi connectivity index (χ4v) is 4.29. The van der Waals surface area contributed by atoms with Gasteiger partial charge in [-0.05, 0) is 19.1 Å². The number of nitrogens with zero attached hydrogens (tertiary/aromatic N) is 1. The zero-order valence-corrected chi connectivity index (χ0v) is 12.0. The molecule has 0 heterocycles. The Morgan fingerprint density at radius 2 is 1.72 bits per heavy atom. The van der Waals surface area contributed by atoms with E-state index in [9.17, 15) is 9.36 Å². The van der Waals surface area contributed by atoms with Crippen molar-refractivity contribution in [1.29, 1.82) is 0 Å². The van der Waals surface area contributed by atoms with Crippen LogP contribution in [0.3, 0.4) is 0 Å². The second kappa shape index (κ2) is 6.72. The van der Waals surface area contributed by atoms with Gasteiger partial charge in [0.05, 0.1) is 6.61 Å². The van der Waals surface area contributed by atoms with E-state index in [1.54, 1.807) is 35.9 Å². The van der Waals surface area contributed by atoms with E-state index in [4.69, 9.17) is 4.74 Å². The number of rotatable bonds is 6. The molecule has 0 saturated heterocycles. The molecule has 1 aromatic carbocycles. The third-order valence-electron chi connectivity index (χ3n) is 2.75. The Bertz CT molecular complexity index is 429. The fourth-order valence-electron chi connectivity index (χ4n) is 1.85. The van der Waals surface area contributed by atoms with Crippen molar-refractivity contribution in [3.05, 3.63) is 30.3 Å². The zero-order valence-electron chi connectivity index (χ0n) is 11.1. The molecule has 0 aromatic heterocycles. The minimum absolute atomic E-state index is 0.233. The van der Waals surface area contributed by atoms with Crippen LogP contribution in [0.2, 0.25) is 0 Å². The Labute approximate surface area is 108 Å². The number of hydrogen-bond acceptors (Lipinski definition) is 3. The summed E-state index contributed by atoms with van der Waals surface area (Å²) in [5.74, 6) is 0. The van der Waals surface area contributed by atoms with Crippen LogP contribution in [0.15, 0.2) is 30.3 Å². The molecule has 0 saturated carbocycles. The average molecular weight is 269 g/mol. The highest BCUT2D eigenvalue weighted by Crippen LogP contribution is 2.49. The number of hydrogen-bond donors (Lipinski definition) is 0. The lowest BCUT2D eigenvalue weighted by atomic mass is 10.4. The van der Waals surface area contributed by atoms with E-state index < -0.39 is 13.0 Å². The number of benzene rings is 1. The smallest absolute Gasteiger partial charge is 0.383 e. The molecule has 0 aliphatic rings. The predicted octanol–water partition coefficient (Wildman–Crippen LogP) is 3.09. The molecule has 0 aliphatic carbocycles. The summed E-state index contributed by atoms with van der Waals surface area (Å²) in [4.78, 5) is 12.1. The summed E-state index contributed by atoms with van der Waals surface area (Å²) in [6, 6.07) is 8.84. The molecule has 1 unspecified atom stereocenters. The maximum Gasteiger partial charge on any atom is 0.383 e. The molecular formula is C13H20NO3P. The van der Waals surface area contributed by atoms with Crippen molar-refractivity contribution in [1.82, 2.24) is 4.67 Å². The zero-order chi connectivity index (χ0) is 13.6. The van der Waals surface area contributed by atoms with Crippen LogP contribution in [-0.4, -0.2) is 30.1 Å². The van der Waals surface area contributed by atoms with Gasteiger partial charge in [0.1, 0.15) is 0 Å². The molecule has 0 spiro atoms. The first kappa shape index (κ1) is 14.9. The van der Waals surface area contributed by atoms with Crippen molar-refractivity contribution in [2.45, 2.75) is 20.8 Å². The van der Waals surface area contributed by atoms with Gasteiger partial charge in [0.2, 0.25) is 0 Å². The number of ether oxygens (including phenoxy) is 1. The van der Waals surface area contributed by atoms with Gasteiger partial charge in [-0.3, -0.25) is 4.57 Å². The molecule has 0 fully saturated rings. The molecule has 1 rings (SSSR count). The standard InChI is InChI=1S/C13H20NO3P/c1-4-14(5-2)18(16,13(15)17-6-3)12-10-8-7-9-11-12/h7-11H,4-6H2,1-3H3. The molecule has 0 bridgehead atoms. The normalized spacial score (nSPS) is 14.2. The maximum absolute atomic E-state index is 13.1. The number of carbonyl (C=O) groups excluding carboxylic acids is 1. The summed E-state index contributed by atoms with van der Waals surface area (Å²) in [5, 5.41) is 0.534. The summed E-state index contributed by atoms with van der Waals surface area (Å²) in [5.41, 5.74) is -0.625. The molecule has 4 nitrogen and oxygen atoms in total. The number of carbonyl (C=O) groups is 1. The largest absolute Gasteiger partial charge is 0.459 e. The van der Waals surface area contributed by atoms with Crippen LogP contribution < -0.4 is 5.30 Å². The van der Waals surface area contributed by atoms with E-state index in [0.717, 1.165) is 0 Å². The second-order valence-electron chi connectivity index (χ2n) is 3.75. The Hall–Kier alpha value is -1.12. The van der Waals surface area contributed by atoms with Gasteiger partial charge in [-0.25, -0.2) is 9.46 Å². The second-order valence-corrected chi connectivity index (χ2v) is 6.35. The minimum Gasteiger partial charge on any atom is -0.459 e. The summed E-state index contributed by atoms with van der Waals surface area (Å²) in [7, 11) is -3.32. The van der Waals surface area contributed by atoms with E-state index in [-0.39, 0.29) is 6.61 Å². The SMILES string of the molecule is CCOC(=O)P(=O)(c1ccccc1)N(CC)CC. The van der Waals surface area contributed by atoms with Crippen LogP contribution >= 0.6 is 7.29 Å². The predicted molar refractivity (Wildman–Crippen MR) is 73.6 cm³/mol. The first-order valence-corrected chi connectivity index (χ1v) is 7.85. The average Bonchev–Trinajstić information content (AvgIpc) is 2.41. The molecule has 0 radical (unpaired) electrons. The van der Waals surface area contributed by atoms with Gasteiger partial charge in [0.25, 0.3) is 7.29 Å². The van der Waals surface area contributed by atoms with Crippen molar-refractivity contribution in [3.8, 4) is 0 Å². The highest BCUT2D eigenvalue weighted by atomic mass is 31.2. The molecule has 0 aliphatic heterocycles. The van der Waals surface area contributed by atoms with Gasteiger partial charge in [0.15, 0.2) is 0 Å². The van der Waals surface area contributed by atoms with Crippen molar-refractivity contribution in [2.24, 2.45) is 0 Å².